The van der Waals surface area contributed by atoms with Gasteiger partial charge in [0.15, 0.2) is 0 Å². The van der Waals surface area contributed by atoms with Gasteiger partial charge in [-0.1, -0.05) is 24.3 Å². The van der Waals surface area contributed by atoms with Crippen LogP contribution in [-0.2, 0) is 11.2 Å². The summed E-state index contributed by atoms with van der Waals surface area (Å²) in [5, 5.41) is 12.0. The zero-order valence-electron chi connectivity index (χ0n) is 14.8. The lowest BCUT2D eigenvalue weighted by atomic mass is 10.1. The van der Waals surface area contributed by atoms with Gasteiger partial charge in [-0.25, -0.2) is 4.90 Å². The van der Waals surface area contributed by atoms with Gasteiger partial charge in [-0.05, 0) is 54.1 Å². The number of phenolic OH excluding ortho intramolecular Hbond substituents is 1. The van der Waals surface area contributed by atoms with E-state index in [1.165, 1.54) is 12.1 Å². The largest absolute Gasteiger partial charge is 0.508 e. The van der Waals surface area contributed by atoms with Crippen LogP contribution in [-0.4, -0.2) is 22.8 Å². The maximum absolute atomic E-state index is 12.5. The molecular weight excluding hydrogens is 356 g/mol. The molecular formula is C22H16N2O4. The molecule has 6 heteroatoms. The van der Waals surface area contributed by atoms with Crippen molar-refractivity contribution in [2.75, 3.05) is 10.2 Å². The molecule has 2 N–H and O–H groups in total. The molecule has 3 aromatic carbocycles. The first-order chi connectivity index (χ1) is 13.5. The number of aromatic hydroxyl groups is 1. The molecule has 6 nitrogen and oxygen atoms in total. The lowest BCUT2D eigenvalue weighted by Crippen LogP contribution is -2.29. The van der Waals surface area contributed by atoms with Crippen molar-refractivity contribution in [3.63, 3.8) is 0 Å². The van der Waals surface area contributed by atoms with Crippen LogP contribution in [0.2, 0.25) is 0 Å². The average Bonchev–Trinajstić information content (AvgIpc) is 2.95. The fourth-order valence-corrected chi connectivity index (χ4v) is 3.12. The molecule has 1 aliphatic heterocycles. The number of benzene rings is 3. The van der Waals surface area contributed by atoms with E-state index in [4.69, 9.17) is 0 Å². The van der Waals surface area contributed by atoms with E-state index in [0.717, 1.165) is 10.5 Å². The molecule has 0 atom stereocenters. The Balaban J connectivity index is 1.46. The number of phenols is 1. The number of carbonyl (C=O) groups excluding carboxylic acids is 3. The predicted octanol–water partition coefficient (Wildman–Crippen LogP) is 3.37. The number of imide groups is 1. The van der Waals surface area contributed by atoms with Gasteiger partial charge in [0, 0.05) is 5.69 Å². The van der Waals surface area contributed by atoms with Crippen molar-refractivity contribution >= 4 is 29.1 Å². The smallest absolute Gasteiger partial charge is 0.266 e. The van der Waals surface area contributed by atoms with Crippen molar-refractivity contribution in [3.05, 3.63) is 89.5 Å². The summed E-state index contributed by atoms with van der Waals surface area (Å²) < 4.78 is 0. The Morgan fingerprint density at radius 1 is 0.821 bits per heavy atom. The lowest BCUT2D eigenvalue weighted by Gasteiger charge is -2.14. The van der Waals surface area contributed by atoms with Crippen molar-refractivity contribution in [3.8, 4) is 5.75 Å². The molecule has 28 heavy (non-hydrogen) atoms. The minimum atomic E-state index is -0.349. The van der Waals surface area contributed by atoms with Gasteiger partial charge < -0.3 is 10.4 Å². The van der Waals surface area contributed by atoms with Crippen LogP contribution in [0, 0.1) is 0 Å². The SMILES string of the molecule is O=C(Cc1ccc(N2C(=O)c3ccccc3C2=O)cc1)Nc1ccc(O)cc1. The summed E-state index contributed by atoms with van der Waals surface area (Å²) in [4.78, 5) is 38.4. The number of anilines is 2. The van der Waals surface area contributed by atoms with Crippen LogP contribution >= 0.6 is 0 Å². The highest BCUT2D eigenvalue weighted by Crippen LogP contribution is 2.28. The average molecular weight is 372 g/mol. The zero-order valence-corrected chi connectivity index (χ0v) is 14.8. The summed E-state index contributed by atoms with van der Waals surface area (Å²) >= 11 is 0. The minimum Gasteiger partial charge on any atom is -0.508 e. The Bertz CT molecular complexity index is 1040. The van der Waals surface area contributed by atoms with Gasteiger partial charge in [0.05, 0.1) is 23.2 Å². The monoisotopic (exact) mass is 372 g/mol. The van der Waals surface area contributed by atoms with Gasteiger partial charge in [-0.2, -0.15) is 0 Å². The van der Waals surface area contributed by atoms with E-state index in [9.17, 15) is 19.5 Å². The molecule has 0 saturated carbocycles. The second kappa shape index (κ2) is 7.00. The third-order valence-electron chi connectivity index (χ3n) is 4.50. The Morgan fingerprint density at radius 3 is 1.96 bits per heavy atom. The van der Waals surface area contributed by atoms with Crippen LogP contribution in [0.3, 0.4) is 0 Å². The second-order valence-corrected chi connectivity index (χ2v) is 6.43. The molecule has 1 aliphatic rings. The van der Waals surface area contributed by atoms with Crippen molar-refractivity contribution in [1.82, 2.24) is 0 Å². The normalized spacial score (nSPS) is 12.8. The van der Waals surface area contributed by atoms with Crippen molar-refractivity contribution in [1.29, 1.82) is 0 Å². The van der Waals surface area contributed by atoms with Crippen LogP contribution in [0.25, 0.3) is 0 Å². The maximum Gasteiger partial charge on any atom is 0.266 e. The molecule has 0 fully saturated rings. The van der Waals surface area contributed by atoms with Crippen LogP contribution in [0.5, 0.6) is 5.75 Å². The van der Waals surface area contributed by atoms with Gasteiger partial charge in [-0.15, -0.1) is 0 Å². The number of amides is 3. The molecule has 0 radical (unpaired) electrons. The van der Waals surface area contributed by atoms with Crippen LogP contribution in [0.15, 0.2) is 72.8 Å². The van der Waals surface area contributed by atoms with Gasteiger partial charge in [-0.3, -0.25) is 14.4 Å². The number of hydrogen-bond acceptors (Lipinski definition) is 4. The quantitative estimate of drug-likeness (QED) is 0.543. The van der Waals surface area contributed by atoms with Gasteiger partial charge in [0.1, 0.15) is 5.75 Å². The fourth-order valence-electron chi connectivity index (χ4n) is 3.12. The van der Waals surface area contributed by atoms with Crippen LogP contribution < -0.4 is 10.2 Å². The molecule has 0 bridgehead atoms. The van der Waals surface area contributed by atoms with E-state index in [1.54, 1.807) is 60.7 Å². The second-order valence-electron chi connectivity index (χ2n) is 6.43. The highest BCUT2D eigenvalue weighted by Gasteiger charge is 2.36. The van der Waals surface area contributed by atoms with Crippen molar-refractivity contribution in [2.24, 2.45) is 0 Å². The van der Waals surface area contributed by atoms with E-state index < -0.39 is 0 Å². The third kappa shape index (κ3) is 3.23. The number of nitrogens with zero attached hydrogens (tertiary/aromatic N) is 1. The van der Waals surface area contributed by atoms with Gasteiger partial charge in [0.2, 0.25) is 5.91 Å². The Labute approximate surface area is 161 Å². The number of fused-ring (bicyclic) bond motifs is 1. The maximum atomic E-state index is 12.5. The third-order valence-corrected chi connectivity index (χ3v) is 4.50. The molecule has 0 unspecified atom stereocenters. The predicted molar refractivity (Wildman–Crippen MR) is 104 cm³/mol. The number of rotatable bonds is 4. The molecule has 0 spiro atoms. The van der Waals surface area contributed by atoms with E-state index >= 15 is 0 Å². The highest BCUT2D eigenvalue weighted by molar-refractivity contribution is 6.34. The summed E-state index contributed by atoms with van der Waals surface area (Å²) in [6.45, 7) is 0. The Kier molecular flexibility index (Phi) is 4.37. The fraction of sp³-hybridized carbons (Fsp3) is 0.0455. The summed E-state index contributed by atoms with van der Waals surface area (Å²) in [7, 11) is 0. The van der Waals surface area contributed by atoms with Gasteiger partial charge >= 0.3 is 0 Å². The number of hydrogen-bond donors (Lipinski definition) is 2. The van der Waals surface area contributed by atoms with Gasteiger partial charge in [0.25, 0.3) is 11.8 Å². The Morgan fingerprint density at radius 2 is 1.39 bits per heavy atom. The van der Waals surface area contributed by atoms with E-state index in [0.29, 0.717) is 22.5 Å². The van der Waals surface area contributed by atoms with Crippen molar-refractivity contribution in [2.45, 2.75) is 6.42 Å². The summed E-state index contributed by atoms with van der Waals surface area (Å²) in [6, 6.07) is 19.7. The van der Waals surface area contributed by atoms with E-state index in [-0.39, 0.29) is 29.9 Å². The van der Waals surface area contributed by atoms with E-state index in [1.807, 2.05) is 0 Å². The minimum absolute atomic E-state index is 0.127. The number of carbonyl (C=O) groups is 3. The molecule has 1 heterocycles. The molecule has 3 amide bonds. The molecule has 4 rings (SSSR count). The molecule has 138 valence electrons. The first-order valence-corrected chi connectivity index (χ1v) is 8.68. The summed E-state index contributed by atoms with van der Waals surface area (Å²) in [5.41, 5.74) is 2.59. The summed E-state index contributed by atoms with van der Waals surface area (Å²) in [5.74, 6) is -0.780. The van der Waals surface area contributed by atoms with E-state index in [2.05, 4.69) is 5.32 Å². The lowest BCUT2D eigenvalue weighted by molar-refractivity contribution is -0.115. The standard InChI is InChI=1S/C22H16N2O4/c25-17-11-7-15(8-12-17)23-20(26)13-14-5-9-16(10-6-14)24-21(27)18-3-1-2-4-19(18)22(24)28/h1-12,25H,13H2,(H,23,26). The topological polar surface area (TPSA) is 86.7 Å². The summed E-state index contributed by atoms with van der Waals surface area (Å²) in [6.07, 6.45) is 0.142. The highest BCUT2D eigenvalue weighted by atomic mass is 16.3. The molecule has 0 aliphatic carbocycles. The van der Waals surface area contributed by atoms with Crippen molar-refractivity contribution < 1.29 is 19.5 Å². The first kappa shape index (κ1) is 17.5. The molecule has 3 aromatic rings. The first-order valence-electron chi connectivity index (χ1n) is 8.68. The van der Waals surface area contributed by atoms with Crippen LogP contribution in [0.4, 0.5) is 11.4 Å². The molecule has 0 saturated heterocycles. The zero-order chi connectivity index (χ0) is 19.7. The van der Waals surface area contributed by atoms with Crippen LogP contribution in [0.1, 0.15) is 26.3 Å². The Hall–Kier alpha value is -3.93. The molecule has 0 aromatic heterocycles. The number of nitrogens with one attached hydrogen (secondary N) is 1.